The van der Waals surface area contributed by atoms with Crippen LogP contribution in [0, 0.1) is 0 Å². The van der Waals surface area contributed by atoms with Gasteiger partial charge in [0.15, 0.2) is 0 Å². The summed E-state index contributed by atoms with van der Waals surface area (Å²) in [5, 5.41) is 16.5. The molecule has 0 aliphatic heterocycles. The number of nitrogens with zero attached hydrogens (tertiary/aromatic N) is 3. The minimum Gasteiger partial charge on any atom is -0.396 e. The van der Waals surface area contributed by atoms with Gasteiger partial charge in [-0.25, -0.2) is 9.67 Å². The van der Waals surface area contributed by atoms with E-state index in [9.17, 15) is 0 Å². The number of aromatic nitrogens is 3. The third-order valence-electron chi connectivity index (χ3n) is 2.66. The molecule has 1 aromatic rings. The zero-order valence-corrected chi connectivity index (χ0v) is 10.3. The summed E-state index contributed by atoms with van der Waals surface area (Å²) >= 11 is 0. The van der Waals surface area contributed by atoms with Gasteiger partial charge in [-0.15, -0.1) is 0 Å². The Kier molecular flexibility index (Phi) is 5.42. The second-order valence-corrected chi connectivity index (χ2v) is 4.21. The number of nitrogens with one attached hydrogen (secondary N) is 1. The van der Waals surface area contributed by atoms with Crippen molar-refractivity contribution in [1.29, 1.82) is 0 Å². The molecule has 5 nitrogen and oxygen atoms in total. The normalized spacial score (nSPS) is 13.3. The Hall–Kier alpha value is -0.940. The highest BCUT2D eigenvalue weighted by molar-refractivity contribution is 4.86. The van der Waals surface area contributed by atoms with Crippen molar-refractivity contribution >= 4 is 0 Å². The summed E-state index contributed by atoms with van der Waals surface area (Å²) in [5.41, 5.74) is 0. The van der Waals surface area contributed by atoms with Crippen LogP contribution in [0.15, 0.2) is 6.33 Å². The van der Waals surface area contributed by atoms with Crippen LogP contribution in [0.3, 0.4) is 0 Å². The Morgan fingerprint density at radius 3 is 2.81 bits per heavy atom. The van der Waals surface area contributed by atoms with E-state index >= 15 is 0 Å². The molecule has 0 saturated heterocycles. The van der Waals surface area contributed by atoms with Gasteiger partial charge in [0.2, 0.25) is 0 Å². The first kappa shape index (κ1) is 13.1. The van der Waals surface area contributed by atoms with Crippen molar-refractivity contribution < 1.29 is 5.11 Å². The van der Waals surface area contributed by atoms with Crippen molar-refractivity contribution in [3.05, 3.63) is 12.2 Å². The van der Waals surface area contributed by atoms with E-state index in [2.05, 4.69) is 36.2 Å². The highest BCUT2D eigenvalue weighted by atomic mass is 16.3. The summed E-state index contributed by atoms with van der Waals surface area (Å²) in [7, 11) is 0. The van der Waals surface area contributed by atoms with E-state index in [-0.39, 0.29) is 6.61 Å². The van der Waals surface area contributed by atoms with Crippen LogP contribution in [0.2, 0.25) is 0 Å². The van der Waals surface area contributed by atoms with Gasteiger partial charge in [-0.3, -0.25) is 0 Å². The quantitative estimate of drug-likeness (QED) is 0.731. The van der Waals surface area contributed by atoms with Crippen LogP contribution in [0.4, 0.5) is 0 Å². The molecule has 5 heteroatoms. The van der Waals surface area contributed by atoms with Gasteiger partial charge in [0.05, 0.1) is 6.54 Å². The lowest BCUT2D eigenvalue weighted by Gasteiger charge is -2.16. The van der Waals surface area contributed by atoms with Gasteiger partial charge >= 0.3 is 0 Å². The predicted molar refractivity (Wildman–Crippen MR) is 63.0 cm³/mol. The minimum atomic E-state index is 0.225. The van der Waals surface area contributed by atoms with Gasteiger partial charge in [0.25, 0.3) is 0 Å². The van der Waals surface area contributed by atoms with E-state index in [0.29, 0.717) is 18.6 Å². The van der Waals surface area contributed by atoms with Crippen LogP contribution >= 0.6 is 0 Å². The summed E-state index contributed by atoms with van der Waals surface area (Å²) in [6.07, 6.45) is 3.38. The molecule has 0 aliphatic carbocycles. The molecule has 16 heavy (non-hydrogen) atoms. The first-order valence-corrected chi connectivity index (χ1v) is 5.91. The van der Waals surface area contributed by atoms with Crippen LogP contribution in [-0.4, -0.2) is 32.5 Å². The molecule has 92 valence electrons. The van der Waals surface area contributed by atoms with Crippen molar-refractivity contribution in [3.8, 4) is 0 Å². The smallest absolute Gasteiger partial charge is 0.141 e. The van der Waals surface area contributed by atoms with Gasteiger partial charge in [-0.2, -0.15) is 5.10 Å². The standard InChI is InChI=1S/C11H22N4O/c1-4-10(5-6-16)12-7-11-13-8-14-15(11)9(2)3/h8-10,12,16H,4-7H2,1-3H3. The van der Waals surface area contributed by atoms with E-state index in [4.69, 9.17) is 5.11 Å². The Morgan fingerprint density at radius 2 is 2.25 bits per heavy atom. The number of aliphatic hydroxyl groups is 1. The maximum Gasteiger partial charge on any atom is 0.141 e. The Bertz CT molecular complexity index is 298. The molecule has 0 amide bonds. The molecular weight excluding hydrogens is 204 g/mol. The predicted octanol–water partition coefficient (Wildman–Crippen LogP) is 1.11. The van der Waals surface area contributed by atoms with Crippen molar-refractivity contribution in [2.24, 2.45) is 0 Å². The number of hydrogen-bond acceptors (Lipinski definition) is 4. The SMILES string of the molecule is CCC(CCO)NCc1ncnn1C(C)C. The van der Waals surface area contributed by atoms with E-state index in [1.54, 1.807) is 6.33 Å². The summed E-state index contributed by atoms with van der Waals surface area (Å²) < 4.78 is 1.92. The molecule has 1 atom stereocenters. The lowest BCUT2D eigenvalue weighted by atomic mass is 10.1. The second kappa shape index (κ2) is 6.60. The van der Waals surface area contributed by atoms with Crippen LogP contribution < -0.4 is 5.32 Å². The Balaban J connectivity index is 2.49. The van der Waals surface area contributed by atoms with Crippen molar-refractivity contribution in [1.82, 2.24) is 20.1 Å². The molecular formula is C11H22N4O. The fourth-order valence-electron chi connectivity index (χ4n) is 1.67. The van der Waals surface area contributed by atoms with E-state index in [1.807, 2.05) is 4.68 Å². The molecule has 0 radical (unpaired) electrons. The molecule has 2 N–H and O–H groups in total. The van der Waals surface area contributed by atoms with Gasteiger partial charge < -0.3 is 10.4 Å². The first-order chi connectivity index (χ1) is 7.69. The maximum absolute atomic E-state index is 8.89. The summed E-state index contributed by atoms with van der Waals surface area (Å²) in [6, 6.07) is 0.680. The maximum atomic E-state index is 8.89. The fraction of sp³-hybridized carbons (Fsp3) is 0.818. The zero-order valence-electron chi connectivity index (χ0n) is 10.3. The zero-order chi connectivity index (χ0) is 12.0. The molecule has 1 rings (SSSR count). The molecule has 0 saturated carbocycles. The topological polar surface area (TPSA) is 63.0 Å². The molecule has 1 unspecified atom stereocenters. The highest BCUT2D eigenvalue weighted by Gasteiger charge is 2.10. The third-order valence-corrected chi connectivity index (χ3v) is 2.66. The Morgan fingerprint density at radius 1 is 1.50 bits per heavy atom. The van der Waals surface area contributed by atoms with Crippen LogP contribution in [0.25, 0.3) is 0 Å². The van der Waals surface area contributed by atoms with Crippen molar-refractivity contribution in [2.45, 2.75) is 52.2 Å². The third kappa shape index (κ3) is 3.57. The largest absolute Gasteiger partial charge is 0.396 e. The number of hydrogen-bond donors (Lipinski definition) is 2. The second-order valence-electron chi connectivity index (χ2n) is 4.21. The van der Waals surface area contributed by atoms with E-state index in [1.165, 1.54) is 0 Å². The minimum absolute atomic E-state index is 0.225. The lowest BCUT2D eigenvalue weighted by molar-refractivity contribution is 0.261. The van der Waals surface area contributed by atoms with E-state index in [0.717, 1.165) is 18.7 Å². The molecule has 0 fully saturated rings. The molecule has 1 heterocycles. The van der Waals surface area contributed by atoms with Gasteiger partial charge in [0, 0.05) is 18.7 Å². The van der Waals surface area contributed by atoms with Crippen LogP contribution in [0.5, 0.6) is 0 Å². The number of aliphatic hydroxyl groups excluding tert-OH is 1. The monoisotopic (exact) mass is 226 g/mol. The molecule has 0 bridgehead atoms. The summed E-state index contributed by atoms with van der Waals surface area (Å²) in [4.78, 5) is 4.23. The van der Waals surface area contributed by atoms with Crippen LogP contribution in [-0.2, 0) is 6.54 Å². The van der Waals surface area contributed by atoms with Crippen LogP contribution in [0.1, 0.15) is 45.5 Å². The molecule has 0 aromatic carbocycles. The first-order valence-electron chi connectivity index (χ1n) is 5.91. The average molecular weight is 226 g/mol. The lowest BCUT2D eigenvalue weighted by Crippen LogP contribution is -2.30. The summed E-state index contributed by atoms with van der Waals surface area (Å²) in [6.45, 7) is 7.21. The highest BCUT2D eigenvalue weighted by Crippen LogP contribution is 2.06. The Labute approximate surface area is 96.9 Å². The number of rotatable bonds is 7. The van der Waals surface area contributed by atoms with Gasteiger partial charge in [0.1, 0.15) is 12.2 Å². The summed E-state index contributed by atoms with van der Waals surface area (Å²) in [5.74, 6) is 0.950. The van der Waals surface area contributed by atoms with Gasteiger partial charge in [-0.1, -0.05) is 6.92 Å². The average Bonchev–Trinajstić information content (AvgIpc) is 2.72. The fourth-order valence-corrected chi connectivity index (χ4v) is 1.67. The van der Waals surface area contributed by atoms with Crippen molar-refractivity contribution in [3.63, 3.8) is 0 Å². The molecule has 0 aliphatic rings. The molecule has 0 spiro atoms. The van der Waals surface area contributed by atoms with Gasteiger partial charge in [-0.05, 0) is 26.7 Å². The van der Waals surface area contributed by atoms with Crippen molar-refractivity contribution in [2.75, 3.05) is 6.61 Å². The van der Waals surface area contributed by atoms with E-state index < -0.39 is 0 Å². The molecule has 1 aromatic heterocycles.